The molecule has 1 nitrogen and oxygen atoms in total. The van der Waals surface area contributed by atoms with Crippen LogP contribution in [0.2, 0.25) is 0 Å². The average Bonchev–Trinajstić information content (AvgIpc) is 2.25. The second kappa shape index (κ2) is 5.53. The second-order valence-electron chi connectivity index (χ2n) is 3.57. The van der Waals surface area contributed by atoms with E-state index in [4.69, 9.17) is 6.42 Å². The molecule has 1 aromatic carbocycles. The lowest BCUT2D eigenvalue weighted by Gasteiger charge is -2.18. The van der Waals surface area contributed by atoms with Crippen LogP contribution in [0.3, 0.4) is 0 Å². The number of hydrogen-bond donors (Lipinski definition) is 1. The fourth-order valence-corrected chi connectivity index (χ4v) is 1.46. The van der Waals surface area contributed by atoms with E-state index in [2.05, 4.69) is 11.2 Å². The van der Waals surface area contributed by atoms with Crippen molar-refractivity contribution in [2.75, 3.05) is 0 Å². The lowest BCUT2D eigenvalue weighted by Crippen LogP contribution is -2.29. The van der Waals surface area contributed by atoms with Crippen molar-refractivity contribution in [3.8, 4) is 12.3 Å². The van der Waals surface area contributed by atoms with E-state index in [1.54, 1.807) is 6.07 Å². The highest BCUT2D eigenvalue weighted by molar-refractivity contribution is 5.20. The van der Waals surface area contributed by atoms with Crippen molar-refractivity contribution >= 4 is 0 Å². The van der Waals surface area contributed by atoms with E-state index in [1.165, 1.54) is 12.1 Å². The fourth-order valence-electron chi connectivity index (χ4n) is 1.46. The second-order valence-corrected chi connectivity index (χ2v) is 3.57. The number of hydrogen-bond acceptors (Lipinski definition) is 1. The molecule has 0 aromatic heterocycles. The maximum atomic E-state index is 13.0. The molecule has 15 heavy (non-hydrogen) atoms. The smallest absolute Gasteiger partial charge is 0.123 e. The molecule has 0 heterocycles. The van der Waals surface area contributed by atoms with Gasteiger partial charge in [-0.1, -0.05) is 25.0 Å². The van der Waals surface area contributed by atoms with Crippen molar-refractivity contribution in [2.24, 2.45) is 0 Å². The highest BCUT2D eigenvalue weighted by Crippen LogP contribution is 2.14. The van der Waals surface area contributed by atoms with Gasteiger partial charge < -0.3 is 0 Å². The molecule has 0 aliphatic rings. The molecule has 0 spiro atoms. The Morgan fingerprint density at radius 3 is 2.80 bits per heavy atom. The maximum Gasteiger partial charge on any atom is 0.123 e. The minimum absolute atomic E-state index is 0.0447. The Morgan fingerprint density at radius 2 is 2.27 bits per heavy atom. The highest BCUT2D eigenvalue weighted by atomic mass is 19.1. The van der Waals surface area contributed by atoms with Crippen molar-refractivity contribution in [1.82, 2.24) is 5.32 Å². The van der Waals surface area contributed by atoms with Gasteiger partial charge in [-0.25, -0.2) is 4.39 Å². The van der Waals surface area contributed by atoms with Gasteiger partial charge in [-0.3, -0.25) is 5.32 Å². The molecule has 0 radical (unpaired) electrons. The zero-order valence-corrected chi connectivity index (χ0v) is 9.13. The summed E-state index contributed by atoms with van der Waals surface area (Å²) in [6.07, 6.45) is 6.22. The van der Waals surface area contributed by atoms with Crippen LogP contribution in [0.4, 0.5) is 4.39 Å². The molecular weight excluding hydrogens is 189 g/mol. The molecule has 1 N–H and O–H groups in total. The van der Waals surface area contributed by atoms with E-state index in [1.807, 2.05) is 19.9 Å². The molecule has 1 aromatic rings. The van der Waals surface area contributed by atoms with Crippen LogP contribution < -0.4 is 5.32 Å². The molecule has 0 bridgehead atoms. The van der Waals surface area contributed by atoms with Crippen molar-refractivity contribution in [3.05, 3.63) is 35.6 Å². The maximum absolute atomic E-state index is 13.0. The van der Waals surface area contributed by atoms with Crippen LogP contribution in [0, 0.1) is 18.2 Å². The molecule has 0 fully saturated rings. The van der Waals surface area contributed by atoms with Gasteiger partial charge in [-0.2, -0.15) is 0 Å². The summed E-state index contributed by atoms with van der Waals surface area (Å²) < 4.78 is 13.0. The van der Waals surface area contributed by atoms with Crippen molar-refractivity contribution in [1.29, 1.82) is 0 Å². The molecule has 0 aliphatic heterocycles. The number of nitrogens with one attached hydrogen (secondary N) is 1. The number of rotatable bonds is 4. The molecule has 1 unspecified atom stereocenters. The Hall–Kier alpha value is -1.33. The van der Waals surface area contributed by atoms with Crippen LogP contribution in [0.15, 0.2) is 24.3 Å². The minimum atomic E-state index is -0.213. The Balaban J connectivity index is 2.69. The van der Waals surface area contributed by atoms with Crippen molar-refractivity contribution in [2.45, 2.75) is 32.4 Å². The molecule has 2 heteroatoms. The Morgan fingerprint density at radius 1 is 1.53 bits per heavy atom. The van der Waals surface area contributed by atoms with Gasteiger partial charge in [0.05, 0.1) is 6.04 Å². The summed E-state index contributed by atoms with van der Waals surface area (Å²) >= 11 is 0. The van der Waals surface area contributed by atoms with E-state index in [-0.39, 0.29) is 17.9 Å². The average molecular weight is 205 g/mol. The van der Waals surface area contributed by atoms with Gasteiger partial charge in [0.25, 0.3) is 0 Å². The van der Waals surface area contributed by atoms with E-state index in [0.717, 1.165) is 12.0 Å². The molecular formula is C13H16FN. The largest absolute Gasteiger partial charge is 0.297 e. The zero-order chi connectivity index (χ0) is 11.3. The zero-order valence-electron chi connectivity index (χ0n) is 9.13. The first kappa shape index (κ1) is 11.7. The molecule has 0 amide bonds. The van der Waals surface area contributed by atoms with E-state index < -0.39 is 0 Å². The molecule has 0 aliphatic carbocycles. The van der Waals surface area contributed by atoms with E-state index in [9.17, 15) is 4.39 Å². The monoisotopic (exact) mass is 205 g/mol. The summed E-state index contributed by atoms with van der Waals surface area (Å²) in [5.74, 6) is 2.45. The summed E-state index contributed by atoms with van der Waals surface area (Å²) in [6.45, 7) is 4.00. The van der Waals surface area contributed by atoms with Gasteiger partial charge in [0.2, 0.25) is 0 Å². The summed E-state index contributed by atoms with van der Waals surface area (Å²) in [5, 5.41) is 3.26. The highest BCUT2D eigenvalue weighted by Gasteiger charge is 2.09. The third kappa shape index (κ3) is 3.38. The normalized spacial score (nSPS) is 14.3. The van der Waals surface area contributed by atoms with E-state index >= 15 is 0 Å². The summed E-state index contributed by atoms with van der Waals surface area (Å²) in [5.41, 5.74) is 0.920. The SMILES string of the molecule is C#CC(CC)N[C@H](C)c1cccc(F)c1. The van der Waals surface area contributed by atoms with Crippen LogP contribution in [0.1, 0.15) is 31.9 Å². The minimum Gasteiger partial charge on any atom is -0.297 e. The third-order valence-electron chi connectivity index (χ3n) is 2.41. The van der Waals surface area contributed by atoms with Crippen LogP contribution in [0.25, 0.3) is 0 Å². The predicted octanol–water partition coefficient (Wildman–Crippen LogP) is 2.89. The lowest BCUT2D eigenvalue weighted by atomic mass is 10.1. The van der Waals surface area contributed by atoms with E-state index in [0.29, 0.717) is 0 Å². The lowest BCUT2D eigenvalue weighted by molar-refractivity contribution is 0.509. The van der Waals surface area contributed by atoms with Gasteiger partial charge in [0, 0.05) is 6.04 Å². The predicted molar refractivity (Wildman–Crippen MR) is 60.9 cm³/mol. The van der Waals surface area contributed by atoms with Crippen molar-refractivity contribution < 1.29 is 4.39 Å². The van der Waals surface area contributed by atoms with Gasteiger partial charge in [-0.05, 0) is 31.0 Å². The standard InChI is InChI=1S/C13H16FN/c1-4-13(5-2)15-10(3)11-7-6-8-12(14)9-11/h1,6-10,13,15H,5H2,2-3H3/t10-,13?/m1/s1. The van der Waals surface area contributed by atoms with Crippen molar-refractivity contribution in [3.63, 3.8) is 0 Å². The van der Waals surface area contributed by atoms with Crippen LogP contribution in [0.5, 0.6) is 0 Å². The van der Waals surface area contributed by atoms with Gasteiger partial charge in [0.1, 0.15) is 5.82 Å². The quantitative estimate of drug-likeness (QED) is 0.745. The molecule has 1 rings (SSSR count). The van der Waals surface area contributed by atoms with Crippen LogP contribution in [-0.4, -0.2) is 6.04 Å². The van der Waals surface area contributed by atoms with Crippen LogP contribution >= 0.6 is 0 Å². The molecule has 80 valence electrons. The third-order valence-corrected chi connectivity index (χ3v) is 2.41. The Bertz CT molecular complexity index is 354. The first-order valence-corrected chi connectivity index (χ1v) is 5.15. The van der Waals surface area contributed by atoms with Gasteiger partial charge in [-0.15, -0.1) is 6.42 Å². The van der Waals surface area contributed by atoms with Gasteiger partial charge >= 0.3 is 0 Å². The summed E-state index contributed by atoms with van der Waals surface area (Å²) in [6, 6.07) is 6.68. The van der Waals surface area contributed by atoms with Crippen LogP contribution in [-0.2, 0) is 0 Å². The number of terminal acetylenes is 1. The molecule has 0 saturated carbocycles. The number of benzene rings is 1. The van der Waals surface area contributed by atoms with Gasteiger partial charge in [0.15, 0.2) is 0 Å². The Kier molecular flexibility index (Phi) is 4.33. The Labute approximate surface area is 90.7 Å². The topological polar surface area (TPSA) is 12.0 Å². The first-order valence-electron chi connectivity index (χ1n) is 5.15. The fraction of sp³-hybridized carbons (Fsp3) is 0.385. The molecule has 2 atom stereocenters. The summed E-state index contributed by atoms with van der Waals surface area (Å²) in [4.78, 5) is 0. The summed E-state index contributed by atoms with van der Waals surface area (Å²) in [7, 11) is 0. The number of halogens is 1. The first-order chi connectivity index (χ1) is 7.17. The molecule has 0 saturated heterocycles.